The number of benzene rings is 2. The number of hydrogen-bond acceptors (Lipinski definition) is 3. The number of fused-ring (bicyclic) bond motifs is 1. The molecule has 1 N–H and O–H groups in total. The van der Waals surface area contributed by atoms with E-state index in [1.807, 2.05) is 0 Å². The lowest BCUT2D eigenvalue weighted by atomic mass is 9.90. The van der Waals surface area contributed by atoms with Gasteiger partial charge in [0.25, 0.3) is 11.8 Å². The Hall–Kier alpha value is -2.95. The van der Waals surface area contributed by atoms with Gasteiger partial charge >= 0.3 is 5.97 Å². The summed E-state index contributed by atoms with van der Waals surface area (Å²) in [5.41, 5.74) is -0.919. The molecule has 1 heterocycles. The molecule has 1 unspecified atom stereocenters. The quantitative estimate of drug-likeness (QED) is 0.882. The molecule has 0 aliphatic carbocycles. The molecule has 22 heavy (non-hydrogen) atoms. The molecular weight excluding hydrogens is 282 g/mol. The van der Waals surface area contributed by atoms with Crippen molar-refractivity contribution in [1.82, 2.24) is 4.90 Å². The first kappa shape index (κ1) is 14.0. The summed E-state index contributed by atoms with van der Waals surface area (Å²) < 4.78 is 0. The summed E-state index contributed by atoms with van der Waals surface area (Å²) in [6.45, 7) is 1.37. The number of rotatable bonds is 3. The van der Waals surface area contributed by atoms with Gasteiger partial charge < -0.3 is 5.11 Å². The first-order valence-corrected chi connectivity index (χ1v) is 6.74. The molecular formula is C17H13NO4. The number of carbonyl (C=O) groups excluding carboxylic acids is 2. The van der Waals surface area contributed by atoms with Crippen molar-refractivity contribution in [3.63, 3.8) is 0 Å². The molecule has 1 aliphatic rings. The number of carboxylic acid groups (broad SMARTS) is 1. The Morgan fingerprint density at radius 3 is 1.82 bits per heavy atom. The second kappa shape index (κ2) is 4.80. The van der Waals surface area contributed by atoms with Crippen LogP contribution in [-0.4, -0.2) is 27.8 Å². The highest BCUT2D eigenvalue weighted by Gasteiger charge is 2.51. The number of imide groups is 1. The fraction of sp³-hybridized carbons (Fsp3) is 0.118. The molecule has 0 aromatic heterocycles. The average Bonchev–Trinajstić information content (AvgIpc) is 2.79. The lowest BCUT2D eigenvalue weighted by Crippen LogP contribution is -2.52. The van der Waals surface area contributed by atoms with Gasteiger partial charge in [-0.2, -0.15) is 0 Å². The Bertz CT molecular complexity index is 749. The van der Waals surface area contributed by atoms with E-state index >= 15 is 0 Å². The predicted molar refractivity (Wildman–Crippen MR) is 78.4 cm³/mol. The minimum atomic E-state index is -1.76. The average molecular weight is 295 g/mol. The standard InChI is InChI=1S/C17H13NO4/c1-17(16(21)22,11-7-3-2-4-8-11)18-14(19)12-9-5-6-10-13(12)15(18)20/h2-10H,1H3,(H,21,22). The molecule has 2 amide bonds. The molecule has 0 radical (unpaired) electrons. The zero-order valence-corrected chi connectivity index (χ0v) is 11.8. The molecule has 0 spiro atoms. The monoisotopic (exact) mass is 295 g/mol. The van der Waals surface area contributed by atoms with Crippen molar-refractivity contribution in [2.75, 3.05) is 0 Å². The highest BCUT2D eigenvalue weighted by molar-refractivity contribution is 6.23. The highest BCUT2D eigenvalue weighted by Crippen LogP contribution is 2.36. The minimum Gasteiger partial charge on any atom is -0.479 e. The van der Waals surface area contributed by atoms with Gasteiger partial charge in [0, 0.05) is 0 Å². The summed E-state index contributed by atoms with van der Waals surface area (Å²) >= 11 is 0. The normalized spacial score (nSPS) is 16.3. The third-order valence-corrected chi connectivity index (χ3v) is 3.99. The van der Waals surface area contributed by atoms with E-state index in [2.05, 4.69) is 0 Å². The minimum absolute atomic E-state index is 0.232. The van der Waals surface area contributed by atoms with E-state index in [0.29, 0.717) is 5.56 Å². The van der Waals surface area contributed by atoms with Crippen molar-refractivity contribution >= 4 is 17.8 Å². The van der Waals surface area contributed by atoms with Gasteiger partial charge in [-0.05, 0) is 24.6 Å². The molecule has 0 saturated carbocycles. The Kier molecular flexibility index (Phi) is 3.06. The summed E-state index contributed by atoms with van der Waals surface area (Å²) in [6, 6.07) is 14.6. The van der Waals surface area contributed by atoms with E-state index in [9.17, 15) is 19.5 Å². The van der Waals surface area contributed by atoms with Crippen LogP contribution in [0.25, 0.3) is 0 Å². The fourth-order valence-electron chi connectivity index (χ4n) is 2.71. The highest BCUT2D eigenvalue weighted by atomic mass is 16.4. The van der Waals surface area contributed by atoms with E-state index < -0.39 is 23.3 Å². The molecule has 0 fully saturated rings. The van der Waals surface area contributed by atoms with Crippen molar-refractivity contribution in [3.05, 3.63) is 71.3 Å². The van der Waals surface area contributed by atoms with E-state index in [4.69, 9.17) is 0 Å². The second-order valence-electron chi connectivity index (χ2n) is 5.23. The maximum Gasteiger partial charge on any atom is 0.334 e. The summed E-state index contributed by atoms with van der Waals surface area (Å²) in [7, 11) is 0. The van der Waals surface area contributed by atoms with Crippen LogP contribution in [0.2, 0.25) is 0 Å². The van der Waals surface area contributed by atoms with E-state index in [1.54, 1.807) is 42.5 Å². The van der Waals surface area contributed by atoms with Crippen molar-refractivity contribution in [2.45, 2.75) is 12.5 Å². The SMILES string of the molecule is CC(C(=O)O)(c1ccccc1)N1C(=O)c2ccccc2C1=O. The summed E-state index contributed by atoms with van der Waals surface area (Å²) in [5, 5.41) is 9.71. The van der Waals surface area contributed by atoms with Crippen LogP contribution in [0.3, 0.4) is 0 Å². The molecule has 1 atom stereocenters. The van der Waals surface area contributed by atoms with Gasteiger partial charge in [-0.25, -0.2) is 4.79 Å². The maximum atomic E-state index is 12.6. The number of nitrogens with zero attached hydrogens (tertiary/aromatic N) is 1. The van der Waals surface area contributed by atoms with E-state index in [1.165, 1.54) is 19.1 Å². The van der Waals surface area contributed by atoms with Gasteiger partial charge in [-0.15, -0.1) is 0 Å². The van der Waals surface area contributed by atoms with Crippen molar-refractivity contribution in [1.29, 1.82) is 0 Å². The third kappa shape index (κ3) is 1.75. The summed E-state index contributed by atoms with van der Waals surface area (Å²) in [5.74, 6) is -2.43. The molecule has 3 rings (SSSR count). The maximum absolute atomic E-state index is 12.6. The molecule has 1 aliphatic heterocycles. The third-order valence-electron chi connectivity index (χ3n) is 3.99. The molecule has 110 valence electrons. The molecule has 0 saturated heterocycles. The van der Waals surface area contributed by atoms with Gasteiger partial charge in [0.1, 0.15) is 0 Å². The van der Waals surface area contributed by atoms with Gasteiger partial charge in [-0.1, -0.05) is 42.5 Å². The second-order valence-corrected chi connectivity index (χ2v) is 5.23. The molecule has 5 heteroatoms. The molecule has 5 nitrogen and oxygen atoms in total. The van der Waals surface area contributed by atoms with Crippen LogP contribution in [0.15, 0.2) is 54.6 Å². The molecule has 2 aromatic carbocycles. The summed E-state index contributed by atoms with van der Waals surface area (Å²) in [4.78, 5) is 37.9. The number of hydrogen-bond donors (Lipinski definition) is 1. The van der Waals surface area contributed by atoms with Crippen LogP contribution in [0.1, 0.15) is 33.2 Å². The smallest absolute Gasteiger partial charge is 0.334 e. The van der Waals surface area contributed by atoms with E-state index in [0.717, 1.165) is 4.90 Å². The fourth-order valence-corrected chi connectivity index (χ4v) is 2.71. The largest absolute Gasteiger partial charge is 0.479 e. The topological polar surface area (TPSA) is 74.7 Å². The first-order valence-electron chi connectivity index (χ1n) is 6.74. The zero-order valence-electron chi connectivity index (χ0n) is 11.8. The van der Waals surface area contributed by atoms with Crippen LogP contribution in [0.4, 0.5) is 0 Å². The Balaban J connectivity index is 2.19. The van der Waals surface area contributed by atoms with Crippen LogP contribution in [-0.2, 0) is 10.3 Å². The van der Waals surface area contributed by atoms with E-state index in [-0.39, 0.29) is 11.1 Å². The van der Waals surface area contributed by atoms with Crippen LogP contribution < -0.4 is 0 Å². The zero-order chi connectivity index (χ0) is 15.9. The Labute approximate surface area is 126 Å². The molecule has 0 bridgehead atoms. The van der Waals surface area contributed by atoms with Crippen LogP contribution in [0, 0.1) is 0 Å². The molecule has 2 aromatic rings. The van der Waals surface area contributed by atoms with Crippen LogP contribution >= 0.6 is 0 Å². The lowest BCUT2D eigenvalue weighted by Gasteiger charge is -2.33. The lowest BCUT2D eigenvalue weighted by molar-refractivity contribution is -0.148. The number of amides is 2. The first-order chi connectivity index (χ1) is 10.5. The van der Waals surface area contributed by atoms with Crippen molar-refractivity contribution < 1.29 is 19.5 Å². The van der Waals surface area contributed by atoms with Crippen LogP contribution in [0.5, 0.6) is 0 Å². The number of aliphatic carboxylic acids is 1. The van der Waals surface area contributed by atoms with Gasteiger partial charge in [0.15, 0.2) is 5.54 Å². The Morgan fingerprint density at radius 2 is 1.36 bits per heavy atom. The summed E-state index contributed by atoms with van der Waals surface area (Å²) in [6.07, 6.45) is 0. The van der Waals surface area contributed by atoms with Gasteiger partial charge in [0.05, 0.1) is 11.1 Å². The predicted octanol–water partition coefficient (Wildman–Crippen LogP) is 2.28. The number of carbonyl (C=O) groups is 3. The van der Waals surface area contributed by atoms with Gasteiger partial charge in [0.2, 0.25) is 0 Å². The van der Waals surface area contributed by atoms with Crippen molar-refractivity contribution in [2.24, 2.45) is 0 Å². The van der Waals surface area contributed by atoms with Gasteiger partial charge in [-0.3, -0.25) is 14.5 Å². The Morgan fingerprint density at radius 1 is 0.909 bits per heavy atom. The number of carboxylic acids is 1. The van der Waals surface area contributed by atoms with Crippen molar-refractivity contribution in [3.8, 4) is 0 Å².